The van der Waals surface area contributed by atoms with Gasteiger partial charge >= 0.3 is 0 Å². The number of anilines is 2. The molecule has 10 aromatic rings. The highest BCUT2D eigenvalue weighted by molar-refractivity contribution is 7.29. The first kappa shape index (κ1) is 41.2. The van der Waals surface area contributed by atoms with E-state index in [1.165, 1.54) is 109 Å². The van der Waals surface area contributed by atoms with Gasteiger partial charge in [0.25, 0.3) is 0 Å². The van der Waals surface area contributed by atoms with Gasteiger partial charge in [-0.15, -0.1) is 22.7 Å². The van der Waals surface area contributed by atoms with Crippen molar-refractivity contribution in [3.63, 3.8) is 0 Å². The number of rotatable bonds is 3. The Labute approximate surface area is 401 Å². The molecule has 7 heteroatoms. The smallest absolute Gasteiger partial charge is 0.211 e. The molecule has 1 N–H and O–H groups in total. The summed E-state index contributed by atoms with van der Waals surface area (Å²) in [7, 11) is 2.54. The number of hydrogen-bond donors (Lipinski definition) is 1. The minimum absolute atomic E-state index is 0.0271. The van der Waals surface area contributed by atoms with Crippen LogP contribution in [-0.4, -0.2) is 11.8 Å². The van der Waals surface area contributed by atoms with Crippen molar-refractivity contribution < 1.29 is 9.47 Å². The summed E-state index contributed by atoms with van der Waals surface area (Å²) in [6.07, 6.45) is 2.36. The first-order valence-corrected chi connectivity index (χ1v) is 25.5. The lowest BCUT2D eigenvalue weighted by molar-refractivity contribution is 0.332. The van der Waals surface area contributed by atoms with Crippen LogP contribution < -0.4 is 25.0 Å². The normalized spacial score (nSPS) is 15.8. The maximum Gasteiger partial charge on any atom is 0.211 e. The van der Waals surface area contributed by atoms with Crippen molar-refractivity contribution in [3.05, 3.63) is 138 Å². The Balaban J connectivity index is 1.17. The van der Waals surface area contributed by atoms with Crippen LogP contribution in [-0.2, 0) is 21.7 Å². The predicted octanol–water partition coefficient (Wildman–Crippen LogP) is 16.6. The zero-order valence-electron chi connectivity index (χ0n) is 40.0. The lowest BCUT2D eigenvalue weighted by Gasteiger charge is -2.42. The molecule has 1 radical (unpaired) electrons. The summed E-state index contributed by atoms with van der Waals surface area (Å²) in [5.41, 5.74) is 15.1. The molecule has 0 spiro atoms. The molecule has 67 heavy (non-hydrogen) atoms. The van der Waals surface area contributed by atoms with Crippen molar-refractivity contribution in [2.45, 2.75) is 104 Å². The number of benzene rings is 7. The highest BCUT2D eigenvalue weighted by Gasteiger charge is 2.40. The van der Waals surface area contributed by atoms with Crippen LogP contribution in [0.3, 0.4) is 0 Å². The topological polar surface area (TPSA) is 35.4 Å². The van der Waals surface area contributed by atoms with Crippen LogP contribution in [0, 0.1) is 0 Å². The van der Waals surface area contributed by atoms with Gasteiger partial charge in [-0.2, -0.15) is 0 Å². The number of thiophene rings is 2. The van der Waals surface area contributed by atoms with E-state index in [4.69, 9.17) is 9.47 Å². The lowest BCUT2D eigenvalue weighted by atomic mass is 9.62. The van der Waals surface area contributed by atoms with E-state index in [0.717, 1.165) is 16.9 Å². The van der Waals surface area contributed by atoms with Gasteiger partial charge in [0.1, 0.15) is 0 Å². The minimum Gasteiger partial charge on any atom is -0.449 e. The van der Waals surface area contributed by atoms with E-state index >= 15 is 0 Å². The van der Waals surface area contributed by atoms with Crippen LogP contribution in [0.4, 0.5) is 11.4 Å². The second kappa shape index (κ2) is 13.8. The highest BCUT2D eigenvalue weighted by Crippen LogP contribution is 2.55. The Bertz CT molecular complexity index is 3770. The number of hydrogen-bond acceptors (Lipinski definition) is 5. The number of nitrogens with one attached hydrogen (secondary N) is 1. The third kappa shape index (κ3) is 6.09. The van der Waals surface area contributed by atoms with Gasteiger partial charge in [0.2, 0.25) is 7.28 Å². The summed E-state index contributed by atoms with van der Waals surface area (Å²) >= 11 is 3.85. The van der Waals surface area contributed by atoms with Gasteiger partial charge in [-0.3, -0.25) is 0 Å². The molecule has 5 heterocycles. The fourth-order valence-electron chi connectivity index (χ4n) is 11.3. The summed E-state index contributed by atoms with van der Waals surface area (Å²) in [4.78, 5) is 0. The fourth-order valence-corrected chi connectivity index (χ4v) is 13.8. The molecule has 0 unspecified atom stereocenters. The van der Waals surface area contributed by atoms with Crippen molar-refractivity contribution in [1.29, 1.82) is 0 Å². The maximum atomic E-state index is 6.78. The van der Waals surface area contributed by atoms with Crippen LogP contribution in [0.2, 0.25) is 0 Å². The Morgan fingerprint density at radius 3 is 1.94 bits per heavy atom. The number of ether oxygens (including phenoxy) is 2. The van der Waals surface area contributed by atoms with Gasteiger partial charge in [-0.1, -0.05) is 118 Å². The molecule has 7 aromatic carbocycles. The van der Waals surface area contributed by atoms with E-state index in [-0.39, 0.29) is 21.7 Å². The molecule has 0 saturated heterocycles. The number of fused-ring (bicyclic) bond motifs is 14. The first-order chi connectivity index (χ1) is 31.9. The molecule has 2 aliphatic heterocycles. The fraction of sp³-hybridized carbons (Fsp3) is 0.267. The van der Waals surface area contributed by atoms with Gasteiger partial charge < -0.3 is 19.4 Å². The highest BCUT2D eigenvalue weighted by atomic mass is 32.1. The molecule has 0 saturated carbocycles. The molecule has 4 nitrogen and oxygen atoms in total. The molecular formula is C60H54BN2O2S2. The molecule has 1 aliphatic carbocycles. The predicted molar refractivity (Wildman–Crippen MR) is 289 cm³/mol. The van der Waals surface area contributed by atoms with Crippen molar-refractivity contribution in [2.75, 3.05) is 5.32 Å². The molecule has 0 bridgehead atoms. The monoisotopic (exact) mass is 909 g/mol. The van der Waals surface area contributed by atoms with E-state index in [9.17, 15) is 0 Å². The summed E-state index contributed by atoms with van der Waals surface area (Å²) in [6, 6.07) is 42.7. The Morgan fingerprint density at radius 2 is 1.24 bits per heavy atom. The minimum atomic E-state index is -0.0271. The summed E-state index contributed by atoms with van der Waals surface area (Å²) < 4.78 is 21.3. The lowest BCUT2D eigenvalue weighted by Crippen LogP contribution is -2.35. The third-order valence-corrected chi connectivity index (χ3v) is 17.5. The average Bonchev–Trinajstić information content (AvgIpc) is 3.96. The number of aromatic nitrogens is 1. The van der Waals surface area contributed by atoms with Crippen molar-refractivity contribution in [1.82, 2.24) is 4.57 Å². The largest absolute Gasteiger partial charge is 0.449 e. The molecule has 0 atom stereocenters. The Hall–Kier alpha value is -6.02. The second-order valence-electron chi connectivity index (χ2n) is 22.7. The van der Waals surface area contributed by atoms with Crippen LogP contribution >= 0.6 is 22.7 Å². The average molecular weight is 910 g/mol. The quantitative estimate of drug-likeness (QED) is 0.179. The van der Waals surface area contributed by atoms with Crippen LogP contribution in [0.5, 0.6) is 23.0 Å². The molecule has 331 valence electrons. The van der Waals surface area contributed by atoms with Gasteiger partial charge in [0.05, 0.1) is 16.9 Å². The van der Waals surface area contributed by atoms with Gasteiger partial charge in [0.15, 0.2) is 23.0 Å². The second-order valence-corrected chi connectivity index (χ2v) is 24.8. The van der Waals surface area contributed by atoms with Gasteiger partial charge in [-0.05, 0) is 133 Å². The van der Waals surface area contributed by atoms with Crippen LogP contribution in [0.25, 0.3) is 68.9 Å². The summed E-state index contributed by atoms with van der Waals surface area (Å²) in [6.45, 7) is 23.6. The molecule has 0 amide bonds. The van der Waals surface area contributed by atoms with Crippen molar-refractivity contribution in [3.8, 4) is 39.8 Å². The molecule has 0 fully saturated rings. The van der Waals surface area contributed by atoms with Gasteiger partial charge in [-0.25, -0.2) is 0 Å². The molecule has 13 rings (SSSR count). The molecule has 3 aliphatic rings. The molecule has 3 aromatic heterocycles. The van der Waals surface area contributed by atoms with Crippen molar-refractivity contribution >= 4 is 104 Å². The van der Waals surface area contributed by atoms with Gasteiger partial charge in [0, 0.05) is 63.9 Å². The zero-order chi connectivity index (χ0) is 46.1. The van der Waals surface area contributed by atoms with Crippen LogP contribution in [0.1, 0.15) is 104 Å². The van der Waals surface area contributed by atoms with E-state index in [2.05, 4.69) is 177 Å². The first-order valence-electron chi connectivity index (χ1n) is 23.9. The Kier molecular flexibility index (Phi) is 8.48. The Morgan fingerprint density at radius 1 is 0.597 bits per heavy atom. The van der Waals surface area contributed by atoms with E-state index in [0.29, 0.717) is 23.0 Å². The van der Waals surface area contributed by atoms with Crippen LogP contribution in [0.15, 0.2) is 115 Å². The van der Waals surface area contributed by atoms with Crippen molar-refractivity contribution in [2.24, 2.45) is 0 Å². The van der Waals surface area contributed by atoms with E-state index < -0.39 is 0 Å². The standard InChI is InChI=1S/C60H54BN2O2S2/c1-57(2,3)32-19-22-34(23-20-32)62-41-31-46-45(64-43-16-12-13-17-44(43)65-46)29-36(41)51-52-54-49(50-35-15-11-14-18-47(35)66-55(50)51)37-27-33(58(4,5)6)21-24-42(37)63(54)53-38-28-39-40(30-48(38)67-56(53)61-52)60(9,10)26-25-59(39,7)8/h11-24,27-31,62H,25-26H2,1-10H3. The summed E-state index contributed by atoms with van der Waals surface area (Å²) in [5, 5.41) is 10.5. The third-order valence-electron chi connectivity index (χ3n) is 15.3. The number of para-hydroxylation sites is 2. The summed E-state index contributed by atoms with van der Waals surface area (Å²) in [5.74, 6) is 2.82. The van der Waals surface area contributed by atoms with E-state index in [1.807, 2.05) is 46.9 Å². The number of nitrogens with zero attached hydrogens (tertiary/aromatic N) is 1. The van der Waals surface area contributed by atoms with E-state index in [1.54, 1.807) is 0 Å². The molecular weight excluding hydrogens is 856 g/mol. The SMILES string of the molecule is CC(C)(C)c1ccc(Nc2cc3c(cc2-c2c4c5c(c6cc(C(C)(C)C)ccc6n5-c5c(sc6cc7c(cc56)C(C)(C)CCC7(C)C)[B]4)c4c2sc2ccccc24)Oc2ccccc2O3)cc1. The maximum absolute atomic E-state index is 6.78. The zero-order valence-corrected chi connectivity index (χ0v) is 41.7.